The standard InChI is InChI=1S/C12H11N3O2/c16-10-5-1-4-9(10)12-14-11(15-17-12)8-3-2-6-13-7-8/h2-3,6-7,9H,1,4-5H2. The van der Waals surface area contributed by atoms with Crippen molar-refractivity contribution in [3.8, 4) is 11.4 Å². The van der Waals surface area contributed by atoms with Gasteiger partial charge in [0.2, 0.25) is 11.7 Å². The van der Waals surface area contributed by atoms with Gasteiger partial charge in [0.15, 0.2) is 0 Å². The lowest BCUT2D eigenvalue weighted by Crippen LogP contribution is -2.04. The van der Waals surface area contributed by atoms with Crippen molar-refractivity contribution < 1.29 is 9.32 Å². The second-order valence-electron chi connectivity index (χ2n) is 4.11. The highest BCUT2D eigenvalue weighted by Crippen LogP contribution is 2.30. The summed E-state index contributed by atoms with van der Waals surface area (Å²) >= 11 is 0. The molecular formula is C12H11N3O2. The molecule has 2 heterocycles. The van der Waals surface area contributed by atoms with E-state index in [1.807, 2.05) is 12.1 Å². The smallest absolute Gasteiger partial charge is 0.237 e. The third kappa shape index (κ3) is 1.84. The summed E-state index contributed by atoms with van der Waals surface area (Å²) in [6.07, 6.45) is 5.70. The van der Waals surface area contributed by atoms with E-state index in [-0.39, 0.29) is 11.7 Å². The predicted octanol–water partition coefficient (Wildman–Crippen LogP) is 1.97. The molecule has 3 rings (SSSR count). The zero-order chi connectivity index (χ0) is 11.7. The maximum absolute atomic E-state index is 11.6. The average Bonchev–Trinajstić information content (AvgIpc) is 2.98. The van der Waals surface area contributed by atoms with Crippen LogP contribution in [0.1, 0.15) is 31.1 Å². The topological polar surface area (TPSA) is 68.9 Å². The van der Waals surface area contributed by atoms with Crippen LogP contribution in [0.4, 0.5) is 0 Å². The molecule has 0 spiro atoms. The molecule has 2 aromatic heterocycles. The highest BCUT2D eigenvalue weighted by Gasteiger charge is 2.30. The molecule has 1 saturated carbocycles. The summed E-state index contributed by atoms with van der Waals surface area (Å²) in [7, 11) is 0. The molecule has 1 atom stereocenters. The normalized spacial score (nSPS) is 19.8. The summed E-state index contributed by atoms with van der Waals surface area (Å²) in [5, 5.41) is 3.89. The lowest BCUT2D eigenvalue weighted by Gasteiger charge is -1.98. The largest absolute Gasteiger partial charge is 0.338 e. The van der Waals surface area contributed by atoms with Crippen LogP contribution in [0, 0.1) is 0 Å². The van der Waals surface area contributed by atoms with Crippen LogP contribution in [0.2, 0.25) is 0 Å². The van der Waals surface area contributed by atoms with Gasteiger partial charge in [0.25, 0.3) is 0 Å². The molecule has 0 bridgehead atoms. The Bertz CT molecular complexity index is 536. The molecule has 0 N–H and O–H groups in total. The third-order valence-electron chi connectivity index (χ3n) is 2.96. The van der Waals surface area contributed by atoms with E-state index >= 15 is 0 Å². The highest BCUT2D eigenvalue weighted by molar-refractivity contribution is 5.86. The Hall–Kier alpha value is -2.04. The fourth-order valence-electron chi connectivity index (χ4n) is 2.07. The van der Waals surface area contributed by atoms with Gasteiger partial charge in [-0.2, -0.15) is 4.98 Å². The van der Waals surface area contributed by atoms with E-state index in [9.17, 15) is 4.79 Å². The van der Waals surface area contributed by atoms with Crippen LogP contribution >= 0.6 is 0 Å². The second-order valence-corrected chi connectivity index (χ2v) is 4.11. The number of carbonyl (C=O) groups excluding carboxylic acids is 1. The average molecular weight is 229 g/mol. The minimum Gasteiger partial charge on any atom is -0.338 e. The summed E-state index contributed by atoms with van der Waals surface area (Å²) in [4.78, 5) is 19.8. The first-order valence-corrected chi connectivity index (χ1v) is 5.61. The molecular weight excluding hydrogens is 218 g/mol. The molecule has 1 aliphatic carbocycles. The van der Waals surface area contributed by atoms with Crippen molar-refractivity contribution >= 4 is 5.78 Å². The number of carbonyl (C=O) groups is 1. The highest BCUT2D eigenvalue weighted by atomic mass is 16.5. The summed E-state index contributed by atoms with van der Waals surface area (Å²) < 4.78 is 5.16. The Morgan fingerprint density at radius 1 is 1.41 bits per heavy atom. The van der Waals surface area contributed by atoms with E-state index < -0.39 is 0 Å². The molecule has 1 unspecified atom stereocenters. The number of hydrogen-bond donors (Lipinski definition) is 0. The fraction of sp³-hybridized carbons (Fsp3) is 0.333. The number of nitrogens with zero attached hydrogens (tertiary/aromatic N) is 3. The van der Waals surface area contributed by atoms with Crippen LogP contribution in [-0.2, 0) is 4.79 Å². The number of Topliss-reactive ketones (excluding diaryl/α,β-unsaturated/α-hetero) is 1. The number of rotatable bonds is 2. The van der Waals surface area contributed by atoms with Gasteiger partial charge < -0.3 is 4.52 Å². The van der Waals surface area contributed by atoms with Gasteiger partial charge in [0.05, 0.1) is 5.92 Å². The van der Waals surface area contributed by atoms with Gasteiger partial charge in [-0.1, -0.05) is 5.16 Å². The zero-order valence-corrected chi connectivity index (χ0v) is 9.17. The first-order valence-electron chi connectivity index (χ1n) is 5.61. The van der Waals surface area contributed by atoms with Crippen LogP contribution in [0.3, 0.4) is 0 Å². The molecule has 5 nitrogen and oxygen atoms in total. The summed E-state index contributed by atoms with van der Waals surface area (Å²) in [5.74, 6) is 0.929. The summed E-state index contributed by atoms with van der Waals surface area (Å²) in [6, 6.07) is 3.67. The second kappa shape index (κ2) is 4.08. The predicted molar refractivity (Wildman–Crippen MR) is 59.1 cm³/mol. The first kappa shape index (κ1) is 10.1. The maximum Gasteiger partial charge on any atom is 0.237 e. The number of aromatic nitrogens is 3. The van der Waals surface area contributed by atoms with E-state index in [4.69, 9.17) is 4.52 Å². The van der Waals surface area contributed by atoms with Gasteiger partial charge in [-0.15, -0.1) is 0 Å². The molecule has 5 heteroatoms. The van der Waals surface area contributed by atoms with E-state index in [0.717, 1.165) is 18.4 Å². The van der Waals surface area contributed by atoms with Gasteiger partial charge >= 0.3 is 0 Å². The van der Waals surface area contributed by atoms with E-state index in [1.165, 1.54) is 0 Å². The molecule has 86 valence electrons. The SMILES string of the molecule is O=C1CCCC1c1nc(-c2cccnc2)no1. The van der Waals surface area contributed by atoms with Crippen molar-refractivity contribution in [2.75, 3.05) is 0 Å². The number of hydrogen-bond acceptors (Lipinski definition) is 5. The zero-order valence-electron chi connectivity index (χ0n) is 9.17. The Balaban J connectivity index is 1.91. The van der Waals surface area contributed by atoms with Crippen molar-refractivity contribution in [1.29, 1.82) is 0 Å². The Kier molecular flexibility index (Phi) is 2.44. The molecule has 0 saturated heterocycles. The molecule has 0 radical (unpaired) electrons. The Morgan fingerprint density at radius 3 is 3.06 bits per heavy atom. The van der Waals surface area contributed by atoms with Crippen LogP contribution in [0.15, 0.2) is 29.0 Å². The lowest BCUT2D eigenvalue weighted by atomic mass is 10.1. The Labute approximate surface area is 97.9 Å². The number of ketones is 1. The van der Waals surface area contributed by atoms with E-state index in [2.05, 4.69) is 15.1 Å². The van der Waals surface area contributed by atoms with E-state index in [1.54, 1.807) is 12.4 Å². The van der Waals surface area contributed by atoms with Gasteiger partial charge in [0.1, 0.15) is 5.78 Å². The molecule has 0 aliphatic heterocycles. The summed E-state index contributed by atoms with van der Waals surface area (Å²) in [6.45, 7) is 0. The molecule has 1 fully saturated rings. The minimum absolute atomic E-state index is 0.200. The fourth-order valence-corrected chi connectivity index (χ4v) is 2.07. The van der Waals surface area contributed by atoms with Crippen molar-refractivity contribution in [2.45, 2.75) is 25.2 Å². The molecule has 0 aromatic carbocycles. The van der Waals surface area contributed by atoms with Crippen LogP contribution in [0.25, 0.3) is 11.4 Å². The van der Waals surface area contributed by atoms with Crippen molar-refractivity contribution in [3.63, 3.8) is 0 Å². The molecule has 0 amide bonds. The van der Waals surface area contributed by atoms with E-state index in [0.29, 0.717) is 18.1 Å². The quantitative estimate of drug-likeness (QED) is 0.787. The van der Waals surface area contributed by atoms with Gasteiger partial charge in [0, 0.05) is 24.4 Å². The number of pyridine rings is 1. The van der Waals surface area contributed by atoms with Gasteiger partial charge in [-0.05, 0) is 25.0 Å². The van der Waals surface area contributed by atoms with Crippen molar-refractivity contribution in [2.24, 2.45) is 0 Å². The van der Waals surface area contributed by atoms with Gasteiger partial charge in [-0.25, -0.2) is 0 Å². The third-order valence-corrected chi connectivity index (χ3v) is 2.96. The molecule has 2 aromatic rings. The van der Waals surface area contributed by atoms with Crippen LogP contribution < -0.4 is 0 Å². The van der Waals surface area contributed by atoms with Crippen LogP contribution in [0.5, 0.6) is 0 Å². The Morgan fingerprint density at radius 2 is 2.35 bits per heavy atom. The van der Waals surface area contributed by atoms with Crippen molar-refractivity contribution in [1.82, 2.24) is 15.1 Å². The van der Waals surface area contributed by atoms with Gasteiger partial charge in [-0.3, -0.25) is 9.78 Å². The first-order chi connectivity index (χ1) is 8.34. The monoisotopic (exact) mass is 229 g/mol. The van der Waals surface area contributed by atoms with Crippen LogP contribution in [-0.4, -0.2) is 20.9 Å². The minimum atomic E-state index is -0.201. The maximum atomic E-state index is 11.6. The molecule has 17 heavy (non-hydrogen) atoms. The van der Waals surface area contributed by atoms with Crippen molar-refractivity contribution in [3.05, 3.63) is 30.4 Å². The summed E-state index contributed by atoms with van der Waals surface area (Å²) in [5.41, 5.74) is 0.799. The molecule has 1 aliphatic rings. The lowest BCUT2D eigenvalue weighted by molar-refractivity contribution is -0.119.